The predicted molar refractivity (Wildman–Crippen MR) is 78.8 cm³/mol. The van der Waals surface area contributed by atoms with E-state index in [1.807, 2.05) is 24.3 Å². The van der Waals surface area contributed by atoms with Gasteiger partial charge in [0, 0.05) is 5.69 Å². The number of benzene rings is 2. The molecule has 2 rings (SSSR count). The van der Waals surface area contributed by atoms with Crippen LogP contribution in [0, 0.1) is 6.57 Å². The first-order valence-corrected chi connectivity index (χ1v) is 6.11. The molecular weight excluding hydrogens is 268 g/mol. The van der Waals surface area contributed by atoms with E-state index in [2.05, 4.69) is 14.9 Å². The van der Waals surface area contributed by atoms with Crippen LogP contribution in [0.2, 0.25) is 0 Å². The summed E-state index contributed by atoms with van der Waals surface area (Å²) in [4.78, 5) is 25.7. The smallest absolute Gasteiger partial charge is 0.396 e. The predicted octanol–water partition coefficient (Wildman–Crippen LogP) is 3.02. The standard InChI is InChI=1S/C16H12N2O3/c1-17-13-7-3-11(4-8-13)12-5-9-14(10-6-12)18-15(19)16(20)21-2/h3-10H,2H3,(H,18,19). The van der Waals surface area contributed by atoms with E-state index in [1.54, 1.807) is 24.3 Å². The molecule has 0 bridgehead atoms. The molecule has 0 aliphatic heterocycles. The number of carbonyl (C=O) groups excluding carboxylic acids is 2. The van der Waals surface area contributed by atoms with Crippen molar-refractivity contribution in [1.29, 1.82) is 0 Å². The van der Waals surface area contributed by atoms with Crippen molar-refractivity contribution in [3.05, 3.63) is 59.9 Å². The van der Waals surface area contributed by atoms with Gasteiger partial charge in [-0.15, -0.1) is 0 Å². The van der Waals surface area contributed by atoms with Gasteiger partial charge in [0.05, 0.1) is 13.7 Å². The monoisotopic (exact) mass is 280 g/mol. The fourth-order valence-electron chi connectivity index (χ4n) is 1.75. The molecule has 5 heteroatoms. The molecule has 0 atom stereocenters. The summed E-state index contributed by atoms with van der Waals surface area (Å²) in [7, 11) is 1.15. The number of anilines is 1. The van der Waals surface area contributed by atoms with Gasteiger partial charge >= 0.3 is 11.9 Å². The number of nitrogens with one attached hydrogen (secondary N) is 1. The summed E-state index contributed by atoms with van der Waals surface area (Å²) in [6.07, 6.45) is 0. The minimum Gasteiger partial charge on any atom is -0.462 e. The topological polar surface area (TPSA) is 59.8 Å². The Morgan fingerprint density at radius 1 is 1.00 bits per heavy atom. The lowest BCUT2D eigenvalue weighted by atomic mass is 10.1. The maximum Gasteiger partial charge on any atom is 0.396 e. The Morgan fingerprint density at radius 3 is 2.00 bits per heavy atom. The Hall–Kier alpha value is -3.13. The fourth-order valence-corrected chi connectivity index (χ4v) is 1.75. The van der Waals surface area contributed by atoms with Crippen LogP contribution >= 0.6 is 0 Å². The molecule has 2 aromatic carbocycles. The van der Waals surface area contributed by atoms with E-state index >= 15 is 0 Å². The van der Waals surface area contributed by atoms with Crippen molar-refractivity contribution >= 4 is 23.3 Å². The van der Waals surface area contributed by atoms with E-state index in [0.29, 0.717) is 11.4 Å². The molecule has 0 saturated carbocycles. The van der Waals surface area contributed by atoms with Crippen LogP contribution in [0.5, 0.6) is 0 Å². The van der Waals surface area contributed by atoms with Crippen molar-refractivity contribution in [2.45, 2.75) is 0 Å². The zero-order valence-corrected chi connectivity index (χ0v) is 11.3. The minimum atomic E-state index is -0.936. The largest absolute Gasteiger partial charge is 0.462 e. The van der Waals surface area contributed by atoms with Crippen molar-refractivity contribution in [3.8, 4) is 11.1 Å². The van der Waals surface area contributed by atoms with Crippen LogP contribution in [0.3, 0.4) is 0 Å². The summed E-state index contributed by atoms with van der Waals surface area (Å²) in [5.41, 5.74) is 3.00. The summed E-state index contributed by atoms with van der Waals surface area (Å²) in [6, 6.07) is 14.2. The molecule has 0 aliphatic carbocycles. The Morgan fingerprint density at radius 2 is 1.52 bits per heavy atom. The van der Waals surface area contributed by atoms with Crippen molar-refractivity contribution in [3.63, 3.8) is 0 Å². The van der Waals surface area contributed by atoms with Crippen molar-refractivity contribution in [2.24, 2.45) is 0 Å². The summed E-state index contributed by atoms with van der Waals surface area (Å²) >= 11 is 0. The van der Waals surface area contributed by atoms with Gasteiger partial charge in [0.15, 0.2) is 5.69 Å². The third-order valence-electron chi connectivity index (χ3n) is 2.84. The first-order chi connectivity index (χ1) is 10.1. The number of nitrogens with zero attached hydrogens (tertiary/aromatic N) is 1. The van der Waals surface area contributed by atoms with Crippen molar-refractivity contribution in [2.75, 3.05) is 12.4 Å². The fraction of sp³-hybridized carbons (Fsp3) is 0.0625. The zero-order valence-electron chi connectivity index (χ0n) is 11.3. The number of methoxy groups -OCH3 is 1. The molecule has 0 unspecified atom stereocenters. The van der Waals surface area contributed by atoms with Crippen LogP contribution in [0.1, 0.15) is 0 Å². The van der Waals surface area contributed by atoms with E-state index < -0.39 is 11.9 Å². The first-order valence-electron chi connectivity index (χ1n) is 6.11. The second kappa shape index (κ2) is 6.35. The first kappa shape index (κ1) is 14.3. The number of carbonyl (C=O) groups is 2. The highest BCUT2D eigenvalue weighted by molar-refractivity contribution is 6.37. The molecule has 1 amide bonds. The summed E-state index contributed by atoms with van der Waals surface area (Å²) in [6.45, 7) is 6.91. The molecule has 104 valence electrons. The molecule has 1 N–H and O–H groups in total. The van der Waals surface area contributed by atoms with Crippen molar-refractivity contribution in [1.82, 2.24) is 0 Å². The number of esters is 1. The highest BCUT2D eigenvalue weighted by atomic mass is 16.5. The van der Waals surface area contributed by atoms with Crippen LogP contribution < -0.4 is 5.32 Å². The van der Waals surface area contributed by atoms with E-state index in [1.165, 1.54) is 0 Å². The molecular formula is C16H12N2O3. The highest BCUT2D eigenvalue weighted by Crippen LogP contribution is 2.24. The summed E-state index contributed by atoms with van der Waals surface area (Å²) < 4.78 is 4.32. The van der Waals surface area contributed by atoms with Gasteiger partial charge in [-0.05, 0) is 23.3 Å². The number of ether oxygens (including phenoxy) is 1. The maximum atomic E-state index is 11.4. The molecule has 0 spiro atoms. The molecule has 0 aromatic heterocycles. The van der Waals surface area contributed by atoms with E-state index in [9.17, 15) is 9.59 Å². The molecule has 0 saturated heterocycles. The van der Waals surface area contributed by atoms with Gasteiger partial charge < -0.3 is 10.1 Å². The molecule has 0 heterocycles. The minimum absolute atomic E-state index is 0.506. The Balaban J connectivity index is 2.13. The number of hydrogen-bond donors (Lipinski definition) is 1. The van der Waals surface area contributed by atoms with Gasteiger partial charge in [0.1, 0.15) is 0 Å². The van der Waals surface area contributed by atoms with Gasteiger partial charge in [-0.1, -0.05) is 36.4 Å². The molecule has 0 aliphatic rings. The molecule has 0 fully saturated rings. The van der Waals surface area contributed by atoms with Crippen LogP contribution in [0.15, 0.2) is 48.5 Å². The molecule has 5 nitrogen and oxygen atoms in total. The van der Waals surface area contributed by atoms with E-state index in [-0.39, 0.29) is 0 Å². The lowest BCUT2D eigenvalue weighted by Gasteiger charge is -2.06. The van der Waals surface area contributed by atoms with Gasteiger partial charge in [0.25, 0.3) is 0 Å². The maximum absolute atomic E-state index is 11.4. The molecule has 2 aromatic rings. The molecule has 21 heavy (non-hydrogen) atoms. The SMILES string of the molecule is [C-]#[N+]c1ccc(-c2ccc(NC(=O)C(=O)OC)cc2)cc1. The lowest BCUT2D eigenvalue weighted by Crippen LogP contribution is -2.23. The number of amides is 1. The number of hydrogen-bond acceptors (Lipinski definition) is 3. The Kier molecular flexibility index (Phi) is 4.32. The highest BCUT2D eigenvalue weighted by Gasteiger charge is 2.13. The molecule has 0 radical (unpaired) electrons. The van der Waals surface area contributed by atoms with Crippen LogP contribution in [0.4, 0.5) is 11.4 Å². The van der Waals surface area contributed by atoms with E-state index in [0.717, 1.165) is 18.2 Å². The zero-order chi connectivity index (χ0) is 15.2. The van der Waals surface area contributed by atoms with Gasteiger partial charge in [-0.25, -0.2) is 9.64 Å². The summed E-state index contributed by atoms with van der Waals surface area (Å²) in [5.74, 6) is -1.75. The average molecular weight is 280 g/mol. The van der Waals surface area contributed by atoms with Gasteiger partial charge in [0.2, 0.25) is 0 Å². The summed E-state index contributed by atoms with van der Waals surface area (Å²) in [5, 5.41) is 2.44. The van der Waals surface area contributed by atoms with Crippen LogP contribution in [0.25, 0.3) is 16.0 Å². The van der Waals surface area contributed by atoms with Crippen LogP contribution in [-0.4, -0.2) is 19.0 Å². The second-order valence-electron chi connectivity index (χ2n) is 4.18. The second-order valence-corrected chi connectivity index (χ2v) is 4.18. The van der Waals surface area contributed by atoms with E-state index in [4.69, 9.17) is 6.57 Å². The van der Waals surface area contributed by atoms with Crippen LogP contribution in [-0.2, 0) is 14.3 Å². The Labute approximate surface area is 122 Å². The third-order valence-corrected chi connectivity index (χ3v) is 2.84. The lowest BCUT2D eigenvalue weighted by molar-refractivity contribution is -0.150. The third kappa shape index (κ3) is 3.45. The van der Waals surface area contributed by atoms with Gasteiger partial charge in [-0.3, -0.25) is 4.79 Å². The van der Waals surface area contributed by atoms with Gasteiger partial charge in [-0.2, -0.15) is 0 Å². The normalized spacial score (nSPS) is 9.52. The number of rotatable bonds is 2. The van der Waals surface area contributed by atoms with Crippen molar-refractivity contribution < 1.29 is 14.3 Å². The Bertz CT molecular complexity index is 698. The quantitative estimate of drug-likeness (QED) is 0.522. The average Bonchev–Trinajstić information content (AvgIpc) is 2.55.